The standard InChI is InChI=1S/C19H22N2O5S/c1-2-14-3-5-18(6-4-14)27(25,26)21-9-7-20(8-10-21)19(24)15-11-16(22)13-17(23)12-15/h3-6,11-13,22-23H,2,7-10H2,1H3. The minimum atomic E-state index is -3.60. The molecule has 3 rings (SSSR count). The number of carbonyl (C=O) groups excluding carboxylic acids is 1. The summed E-state index contributed by atoms with van der Waals surface area (Å²) in [5, 5.41) is 19.1. The molecular formula is C19H22N2O5S. The van der Waals surface area contributed by atoms with Crippen molar-refractivity contribution in [1.29, 1.82) is 0 Å². The molecule has 1 saturated heterocycles. The number of hydrogen-bond donors (Lipinski definition) is 2. The van der Waals surface area contributed by atoms with E-state index in [0.29, 0.717) is 0 Å². The molecule has 1 amide bonds. The highest BCUT2D eigenvalue weighted by Crippen LogP contribution is 2.23. The van der Waals surface area contributed by atoms with Gasteiger partial charge >= 0.3 is 0 Å². The number of piperazine rings is 1. The molecule has 0 bridgehead atoms. The van der Waals surface area contributed by atoms with Crippen molar-refractivity contribution in [3.8, 4) is 11.5 Å². The van der Waals surface area contributed by atoms with E-state index in [-0.39, 0.29) is 54.0 Å². The third-order valence-corrected chi connectivity index (χ3v) is 6.56. The summed E-state index contributed by atoms with van der Waals surface area (Å²) in [6, 6.07) is 10.5. The lowest BCUT2D eigenvalue weighted by atomic mass is 10.1. The number of nitrogens with zero attached hydrogens (tertiary/aromatic N) is 2. The van der Waals surface area contributed by atoms with Crippen LogP contribution in [0.2, 0.25) is 0 Å². The van der Waals surface area contributed by atoms with Gasteiger partial charge in [-0.25, -0.2) is 8.42 Å². The van der Waals surface area contributed by atoms with Crippen molar-refractivity contribution >= 4 is 15.9 Å². The number of phenols is 2. The van der Waals surface area contributed by atoms with E-state index in [9.17, 15) is 23.4 Å². The van der Waals surface area contributed by atoms with Crippen LogP contribution in [0.4, 0.5) is 0 Å². The van der Waals surface area contributed by atoms with E-state index >= 15 is 0 Å². The second-order valence-corrected chi connectivity index (χ2v) is 8.37. The molecule has 0 spiro atoms. The largest absolute Gasteiger partial charge is 0.508 e. The lowest BCUT2D eigenvalue weighted by Crippen LogP contribution is -2.50. The van der Waals surface area contributed by atoms with Crippen molar-refractivity contribution in [2.45, 2.75) is 18.2 Å². The summed E-state index contributed by atoms with van der Waals surface area (Å²) in [5.41, 5.74) is 1.23. The Morgan fingerprint density at radius 2 is 1.52 bits per heavy atom. The van der Waals surface area contributed by atoms with Gasteiger partial charge in [-0.3, -0.25) is 4.79 Å². The third kappa shape index (κ3) is 4.06. The van der Waals surface area contributed by atoms with Crippen molar-refractivity contribution in [2.75, 3.05) is 26.2 Å². The molecule has 0 saturated carbocycles. The Morgan fingerprint density at radius 1 is 0.963 bits per heavy atom. The Bertz CT molecular complexity index is 913. The van der Waals surface area contributed by atoms with Gasteiger partial charge in [0.15, 0.2) is 0 Å². The van der Waals surface area contributed by atoms with Gasteiger partial charge in [-0.15, -0.1) is 0 Å². The maximum Gasteiger partial charge on any atom is 0.254 e. The van der Waals surface area contributed by atoms with Gasteiger partial charge in [-0.05, 0) is 36.2 Å². The maximum absolute atomic E-state index is 12.8. The Hall–Kier alpha value is -2.58. The molecule has 0 atom stereocenters. The van der Waals surface area contributed by atoms with Gasteiger partial charge in [0.1, 0.15) is 11.5 Å². The quantitative estimate of drug-likeness (QED) is 0.830. The molecular weight excluding hydrogens is 368 g/mol. The normalized spacial score (nSPS) is 15.7. The first-order chi connectivity index (χ1) is 12.8. The Labute approximate surface area is 158 Å². The van der Waals surface area contributed by atoms with E-state index in [1.807, 2.05) is 6.92 Å². The van der Waals surface area contributed by atoms with Crippen LogP contribution in [0, 0.1) is 0 Å². The predicted octanol–water partition coefficient (Wildman–Crippen LogP) is 1.81. The molecule has 144 valence electrons. The lowest BCUT2D eigenvalue weighted by Gasteiger charge is -2.34. The van der Waals surface area contributed by atoms with Crippen LogP contribution in [0.1, 0.15) is 22.8 Å². The molecule has 1 aliphatic heterocycles. The lowest BCUT2D eigenvalue weighted by molar-refractivity contribution is 0.0697. The Balaban J connectivity index is 1.69. The number of amides is 1. The number of carbonyl (C=O) groups is 1. The summed E-state index contributed by atoms with van der Waals surface area (Å²) in [5.74, 6) is -0.754. The third-order valence-electron chi connectivity index (χ3n) is 4.64. The molecule has 8 heteroatoms. The van der Waals surface area contributed by atoms with Crippen LogP contribution >= 0.6 is 0 Å². The number of rotatable bonds is 4. The Kier molecular flexibility index (Phi) is 5.38. The number of sulfonamides is 1. The highest BCUT2D eigenvalue weighted by atomic mass is 32.2. The fraction of sp³-hybridized carbons (Fsp3) is 0.316. The molecule has 0 unspecified atom stereocenters. The van der Waals surface area contributed by atoms with Crippen molar-refractivity contribution in [3.63, 3.8) is 0 Å². The molecule has 2 aromatic carbocycles. The molecule has 2 N–H and O–H groups in total. The van der Waals surface area contributed by atoms with Gasteiger partial charge in [0, 0.05) is 37.8 Å². The topological polar surface area (TPSA) is 98.2 Å². The fourth-order valence-corrected chi connectivity index (χ4v) is 4.50. The van der Waals surface area contributed by atoms with E-state index in [0.717, 1.165) is 18.1 Å². The van der Waals surface area contributed by atoms with Crippen LogP contribution in [0.5, 0.6) is 11.5 Å². The molecule has 1 aliphatic rings. The number of hydrogen-bond acceptors (Lipinski definition) is 5. The van der Waals surface area contributed by atoms with Crippen LogP contribution in [0.25, 0.3) is 0 Å². The number of benzene rings is 2. The summed E-state index contributed by atoms with van der Waals surface area (Å²) >= 11 is 0. The zero-order valence-corrected chi connectivity index (χ0v) is 15.8. The molecule has 1 fully saturated rings. The number of phenolic OH excluding ortho intramolecular Hbond substituents is 2. The van der Waals surface area contributed by atoms with E-state index in [4.69, 9.17) is 0 Å². The zero-order valence-electron chi connectivity index (χ0n) is 15.0. The monoisotopic (exact) mass is 390 g/mol. The first-order valence-electron chi connectivity index (χ1n) is 8.72. The van der Waals surface area contributed by atoms with Crippen LogP contribution in [0.3, 0.4) is 0 Å². The molecule has 2 aromatic rings. The first-order valence-corrected chi connectivity index (χ1v) is 10.2. The zero-order chi connectivity index (χ0) is 19.6. The highest BCUT2D eigenvalue weighted by Gasteiger charge is 2.30. The minimum absolute atomic E-state index is 0.166. The molecule has 0 radical (unpaired) electrons. The van der Waals surface area contributed by atoms with Crippen molar-refractivity contribution in [1.82, 2.24) is 9.21 Å². The van der Waals surface area contributed by atoms with Crippen molar-refractivity contribution in [2.24, 2.45) is 0 Å². The summed E-state index contributed by atoms with van der Waals surface area (Å²) in [6.07, 6.45) is 0.839. The molecule has 27 heavy (non-hydrogen) atoms. The minimum Gasteiger partial charge on any atom is -0.508 e. The van der Waals surface area contributed by atoms with Gasteiger partial charge in [-0.1, -0.05) is 19.1 Å². The first kappa shape index (κ1) is 19.2. The van der Waals surface area contributed by atoms with Crippen molar-refractivity contribution < 1.29 is 23.4 Å². The van der Waals surface area contributed by atoms with Crippen LogP contribution in [0.15, 0.2) is 47.4 Å². The number of aryl methyl sites for hydroxylation is 1. The summed E-state index contributed by atoms with van der Waals surface area (Å²) in [7, 11) is -3.60. The predicted molar refractivity (Wildman–Crippen MR) is 100 cm³/mol. The summed E-state index contributed by atoms with van der Waals surface area (Å²) < 4.78 is 26.9. The maximum atomic E-state index is 12.8. The molecule has 1 heterocycles. The van der Waals surface area contributed by atoms with E-state index in [1.54, 1.807) is 24.3 Å². The average Bonchev–Trinajstić information content (AvgIpc) is 2.67. The number of aromatic hydroxyl groups is 2. The summed E-state index contributed by atoms with van der Waals surface area (Å²) in [6.45, 7) is 2.86. The Morgan fingerprint density at radius 3 is 2.04 bits per heavy atom. The van der Waals surface area contributed by atoms with E-state index in [1.165, 1.54) is 21.3 Å². The van der Waals surface area contributed by atoms with Crippen molar-refractivity contribution in [3.05, 3.63) is 53.6 Å². The van der Waals surface area contributed by atoms with Crippen LogP contribution in [-0.4, -0.2) is 59.9 Å². The second-order valence-electron chi connectivity index (χ2n) is 6.43. The van der Waals surface area contributed by atoms with Gasteiger partial charge in [0.05, 0.1) is 4.90 Å². The molecule has 7 nitrogen and oxygen atoms in total. The van der Waals surface area contributed by atoms with Crippen LogP contribution < -0.4 is 0 Å². The fourth-order valence-electron chi connectivity index (χ4n) is 3.08. The van der Waals surface area contributed by atoms with Gasteiger partial charge in [-0.2, -0.15) is 4.31 Å². The van der Waals surface area contributed by atoms with E-state index in [2.05, 4.69) is 0 Å². The molecule has 0 aromatic heterocycles. The smallest absolute Gasteiger partial charge is 0.254 e. The second kappa shape index (κ2) is 7.58. The van der Waals surface area contributed by atoms with Gasteiger partial charge in [0.25, 0.3) is 5.91 Å². The summed E-state index contributed by atoms with van der Waals surface area (Å²) in [4.78, 5) is 14.3. The molecule has 0 aliphatic carbocycles. The van der Waals surface area contributed by atoms with Gasteiger partial charge < -0.3 is 15.1 Å². The average molecular weight is 390 g/mol. The highest BCUT2D eigenvalue weighted by molar-refractivity contribution is 7.89. The van der Waals surface area contributed by atoms with Gasteiger partial charge in [0.2, 0.25) is 10.0 Å². The van der Waals surface area contributed by atoms with Crippen LogP contribution in [-0.2, 0) is 16.4 Å². The van der Waals surface area contributed by atoms with E-state index < -0.39 is 10.0 Å². The SMILES string of the molecule is CCc1ccc(S(=O)(=O)N2CCN(C(=O)c3cc(O)cc(O)c3)CC2)cc1.